The Bertz CT molecular complexity index is 3210. The molecule has 0 bridgehead atoms. The number of rotatable bonds is 5. The molecule has 11 rings (SSSR count). The standard InChI is InChI=1S/C52H32N2S/c1-3-17-45-42(14-1)43-15-2-4-18-46(43)51-50(45)53-32-48(54-51)40-13-8-12-39(31-40)34-24-22-33(23-25-34)37-10-7-11-38(30-37)35-26-28-36(29-27-35)41-19-9-20-47-44-16-5-6-21-49(44)55-52(41)47/h1-32H. The van der Waals surface area contributed by atoms with Crippen LogP contribution in [-0.2, 0) is 0 Å². The number of hydrogen-bond donors (Lipinski definition) is 0. The lowest BCUT2D eigenvalue weighted by Gasteiger charge is -2.11. The molecule has 3 heteroatoms. The topological polar surface area (TPSA) is 25.8 Å². The molecular formula is C52H32N2S. The van der Waals surface area contributed by atoms with Gasteiger partial charge in [0.15, 0.2) is 0 Å². The SMILES string of the molecule is c1cc(-c2ccc(-c3cccc(-c4cnc5c6ccccc6c6ccccc6c5n4)c3)cc2)cc(-c2ccc(-c3cccc4c3sc3ccccc34)cc2)c1. The van der Waals surface area contributed by atoms with E-state index < -0.39 is 0 Å². The molecular weight excluding hydrogens is 685 g/mol. The zero-order valence-electron chi connectivity index (χ0n) is 29.8. The number of benzene rings is 9. The summed E-state index contributed by atoms with van der Waals surface area (Å²) in [6.07, 6.45) is 1.91. The van der Waals surface area contributed by atoms with Crippen molar-refractivity contribution in [2.24, 2.45) is 0 Å². The van der Waals surface area contributed by atoms with Crippen molar-refractivity contribution in [2.75, 3.05) is 0 Å². The second-order valence-corrected chi connectivity index (χ2v) is 15.2. The van der Waals surface area contributed by atoms with Gasteiger partial charge in [-0.2, -0.15) is 0 Å². The van der Waals surface area contributed by atoms with E-state index in [-0.39, 0.29) is 0 Å². The van der Waals surface area contributed by atoms with Gasteiger partial charge in [-0.25, -0.2) is 4.98 Å². The van der Waals surface area contributed by atoms with Crippen molar-refractivity contribution in [1.29, 1.82) is 0 Å². The molecule has 55 heavy (non-hydrogen) atoms. The minimum absolute atomic E-state index is 0.869. The summed E-state index contributed by atoms with van der Waals surface area (Å²) in [5, 5.41) is 7.32. The van der Waals surface area contributed by atoms with Gasteiger partial charge in [-0.15, -0.1) is 11.3 Å². The summed E-state index contributed by atoms with van der Waals surface area (Å²) in [5.74, 6) is 0. The van der Waals surface area contributed by atoms with E-state index in [0.717, 1.165) is 44.2 Å². The molecule has 0 fully saturated rings. The Kier molecular flexibility index (Phi) is 7.39. The van der Waals surface area contributed by atoms with Crippen LogP contribution in [0.3, 0.4) is 0 Å². The second-order valence-electron chi connectivity index (χ2n) is 14.1. The van der Waals surface area contributed by atoms with Crippen molar-refractivity contribution in [3.05, 3.63) is 194 Å². The van der Waals surface area contributed by atoms with Crippen molar-refractivity contribution in [3.63, 3.8) is 0 Å². The van der Waals surface area contributed by atoms with Crippen LogP contribution in [0.5, 0.6) is 0 Å². The third kappa shape index (κ3) is 5.40. The normalized spacial score (nSPS) is 11.6. The third-order valence-electron chi connectivity index (χ3n) is 10.9. The van der Waals surface area contributed by atoms with Crippen molar-refractivity contribution < 1.29 is 0 Å². The molecule has 9 aromatic carbocycles. The van der Waals surface area contributed by atoms with Gasteiger partial charge in [0.2, 0.25) is 0 Å². The fourth-order valence-electron chi connectivity index (χ4n) is 8.17. The first-order valence-electron chi connectivity index (χ1n) is 18.6. The molecule has 0 aliphatic rings. The number of hydrogen-bond acceptors (Lipinski definition) is 3. The first-order chi connectivity index (χ1) is 27.2. The molecule has 2 nitrogen and oxygen atoms in total. The highest BCUT2D eigenvalue weighted by molar-refractivity contribution is 7.26. The van der Waals surface area contributed by atoms with Crippen LogP contribution in [0.2, 0.25) is 0 Å². The van der Waals surface area contributed by atoms with Gasteiger partial charge in [0.25, 0.3) is 0 Å². The van der Waals surface area contributed by atoms with Gasteiger partial charge >= 0.3 is 0 Å². The molecule has 2 heterocycles. The van der Waals surface area contributed by atoms with Crippen molar-refractivity contribution in [3.8, 4) is 55.8 Å². The Balaban J connectivity index is 0.877. The summed E-state index contributed by atoms with van der Waals surface area (Å²) in [7, 11) is 0. The zero-order valence-corrected chi connectivity index (χ0v) is 30.6. The molecule has 0 aliphatic carbocycles. The van der Waals surface area contributed by atoms with E-state index in [1.807, 2.05) is 17.5 Å². The number of fused-ring (bicyclic) bond motifs is 9. The fraction of sp³-hybridized carbons (Fsp3) is 0. The summed E-state index contributed by atoms with van der Waals surface area (Å²) in [6, 6.07) is 67.7. The largest absolute Gasteiger partial charge is 0.252 e. The average Bonchev–Trinajstić information content (AvgIpc) is 3.66. The highest BCUT2D eigenvalue weighted by Gasteiger charge is 2.14. The monoisotopic (exact) mass is 716 g/mol. The summed E-state index contributed by atoms with van der Waals surface area (Å²) < 4.78 is 2.68. The quantitative estimate of drug-likeness (QED) is 0.166. The molecule has 256 valence electrons. The summed E-state index contributed by atoms with van der Waals surface area (Å²) in [5.41, 5.74) is 13.4. The van der Waals surface area contributed by atoms with Crippen LogP contribution < -0.4 is 0 Å². The predicted octanol–water partition coefficient (Wildman–Crippen LogP) is 14.6. The number of thiophene rings is 1. The van der Waals surface area contributed by atoms with Crippen molar-refractivity contribution >= 4 is 64.1 Å². The van der Waals surface area contributed by atoms with E-state index >= 15 is 0 Å². The van der Waals surface area contributed by atoms with Crippen LogP contribution in [0.25, 0.3) is 109 Å². The van der Waals surface area contributed by atoms with Crippen molar-refractivity contribution in [2.45, 2.75) is 0 Å². The van der Waals surface area contributed by atoms with Crippen LogP contribution >= 0.6 is 11.3 Å². The zero-order chi connectivity index (χ0) is 36.3. The van der Waals surface area contributed by atoms with Gasteiger partial charge < -0.3 is 0 Å². The van der Waals surface area contributed by atoms with Gasteiger partial charge in [0.1, 0.15) is 0 Å². The Hall–Kier alpha value is -6.94. The van der Waals surface area contributed by atoms with Crippen molar-refractivity contribution in [1.82, 2.24) is 9.97 Å². The first-order valence-corrected chi connectivity index (χ1v) is 19.5. The molecule has 11 aromatic rings. The van der Waals surface area contributed by atoms with Crippen LogP contribution in [0.15, 0.2) is 194 Å². The van der Waals surface area contributed by atoms with Crippen LogP contribution in [0.1, 0.15) is 0 Å². The third-order valence-corrected chi connectivity index (χ3v) is 12.2. The minimum Gasteiger partial charge on any atom is -0.252 e. The van der Waals surface area contributed by atoms with Gasteiger partial charge in [-0.1, -0.05) is 170 Å². The van der Waals surface area contributed by atoms with E-state index in [1.165, 1.54) is 64.3 Å². The molecule has 2 aromatic heterocycles. The number of nitrogens with zero attached hydrogens (tertiary/aromatic N) is 2. The Labute approximate surface area is 322 Å². The maximum absolute atomic E-state index is 5.22. The van der Waals surface area contributed by atoms with Crippen LogP contribution in [0.4, 0.5) is 0 Å². The maximum atomic E-state index is 5.22. The van der Waals surface area contributed by atoms with Crippen LogP contribution in [0, 0.1) is 0 Å². The molecule has 0 atom stereocenters. The second kappa shape index (κ2) is 12.9. The Morgan fingerprint density at radius 2 is 0.800 bits per heavy atom. The van der Waals surface area contributed by atoms with E-state index in [4.69, 9.17) is 9.97 Å². The molecule has 0 unspecified atom stereocenters. The minimum atomic E-state index is 0.869. The van der Waals surface area contributed by atoms with Gasteiger partial charge in [0, 0.05) is 36.5 Å². The lowest BCUT2D eigenvalue weighted by molar-refractivity contribution is 1.31. The molecule has 0 aliphatic heterocycles. The first kappa shape index (κ1) is 31.6. The lowest BCUT2D eigenvalue weighted by Crippen LogP contribution is -1.92. The average molecular weight is 717 g/mol. The molecule has 0 saturated heterocycles. The highest BCUT2D eigenvalue weighted by Crippen LogP contribution is 2.41. The number of aromatic nitrogens is 2. The molecule has 0 spiro atoms. The Morgan fingerprint density at radius 1 is 0.327 bits per heavy atom. The summed E-state index contributed by atoms with van der Waals surface area (Å²) in [6.45, 7) is 0. The fourth-order valence-corrected chi connectivity index (χ4v) is 9.41. The van der Waals surface area contributed by atoms with Gasteiger partial charge in [-0.3, -0.25) is 4.98 Å². The van der Waals surface area contributed by atoms with E-state index in [1.54, 1.807) is 0 Å². The molecule has 0 saturated carbocycles. The van der Waals surface area contributed by atoms with Gasteiger partial charge in [-0.05, 0) is 73.5 Å². The Morgan fingerprint density at radius 3 is 1.44 bits per heavy atom. The smallest absolute Gasteiger partial charge is 0.0979 e. The molecule has 0 radical (unpaired) electrons. The predicted molar refractivity (Wildman–Crippen MR) is 235 cm³/mol. The van der Waals surface area contributed by atoms with E-state index in [0.29, 0.717) is 0 Å². The molecule has 0 amide bonds. The van der Waals surface area contributed by atoms with E-state index in [9.17, 15) is 0 Å². The van der Waals surface area contributed by atoms with Gasteiger partial charge in [0.05, 0.1) is 22.9 Å². The highest BCUT2D eigenvalue weighted by atomic mass is 32.1. The summed E-state index contributed by atoms with van der Waals surface area (Å²) >= 11 is 1.88. The van der Waals surface area contributed by atoms with E-state index in [2.05, 4.69) is 188 Å². The summed E-state index contributed by atoms with van der Waals surface area (Å²) in [4.78, 5) is 10.2. The lowest BCUT2D eigenvalue weighted by atomic mass is 9.95. The molecule has 0 N–H and O–H groups in total. The van der Waals surface area contributed by atoms with Crippen LogP contribution in [-0.4, -0.2) is 9.97 Å². The maximum Gasteiger partial charge on any atom is 0.0979 e.